The minimum Gasteiger partial charge on any atom is -0.479 e. The molecule has 40 heavy (non-hydrogen) atoms. The summed E-state index contributed by atoms with van der Waals surface area (Å²) in [6, 6.07) is 3.11. The average molecular weight is 568 g/mol. The third kappa shape index (κ3) is 5.46. The number of rotatable bonds is 11. The van der Waals surface area contributed by atoms with Crippen molar-refractivity contribution in [3.63, 3.8) is 0 Å². The number of alkyl halides is 1. The van der Waals surface area contributed by atoms with E-state index < -0.39 is 58.5 Å². The van der Waals surface area contributed by atoms with E-state index in [1.807, 2.05) is 0 Å². The smallest absolute Gasteiger partial charge is 0.341 e. The number of halogens is 3. The van der Waals surface area contributed by atoms with Gasteiger partial charge in [-0.15, -0.1) is 0 Å². The van der Waals surface area contributed by atoms with Gasteiger partial charge in [0, 0.05) is 12.8 Å². The van der Waals surface area contributed by atoms with Crippen molar-refractivity contribution in [2.45, 2.75) is 95.4 Å². The van der Waals surface area contributed by atoms with Crippen molar-refractivity contribution in [1.82, 2.24) is 0 Å². The molecule has 1 aromatic rings. The van der Waals surface area contributed by atoms with Gasteiger partial charge in [-0.1, -0.05) is 6.07 Å². The minimum atomic E-state index is -2.47. The second kappa shape index (κ2) is 10.3. The summed E-state index contributed by atoms with van der Waals surface area (Å²) in [5, 5.41) is 9.20. The summed E-state index contributed by atoms with van der Waals surface area (Å²) in [6.45, 7) is 2.40. The highest BCUT2D eigenvalue weighted by Gasteiger charge is 2.63. The summed E-state index contributed by atoms with van der Waals surface area (Å²) >= 11 is 0. The van der Waals surface area contributed by atoms with Crippen LogP contribution in [0.25, 0.3) is 0 Å². The summed E-state index contributed by atoms with van der Waals surface area (Å²) in [4.78, 5) is 37.8. The molecule has 5 aliphatic rings. The van der Waals surface area contributed by atoms with E-state index in [2.05, 4.69) is 0 Å². The Morgan fingerprint density at radius 1 is 1.05 bits per heavy atom. The Morgan fingerprint density at radius 2 is 1.65 bits per heavy atom. The summed E-state index contributed by atoms with van der Waals surface area (Å²) in [6.07, 6.45) is 2.78. The number of carbonyl (C=O) groups excluding carboxylic acids is 2. The molecular weight excluding hydrogens is 531 g/mol. The van der Waals surface area contributed by atoms with Gasteiger partial charge in [-0.05, 0) is 93.7 Å². The maximum atomic E-state index is 14.6. The Balaban J connectivity index is 1.24. The molecular formula is C29H36F3NO7. The molecule has 220 valence electrons. The molecule has 0 aliphatic heterocycles. The Hall–Kier alpha value is -2.66. The van der Waals surface area contributed by atoms with Crippen molar-refractivity contribution in [3.05, 3.63) is 35.4 Å². The highest BCUT2D eigenvalue weighted by atomic mass is 19.2. The molecule has 3 N–H and O–H groups in total. The van der Waals surface area contributed by atoms with Crippen LogP contribution in [0.5, 0.6) is 0 Å². The molecule has 0 spiro atoms. The zero-order chi connectivity index (χ0) is 29.0. The number of carboxylic acids is 1. The van der Waals surface area contributed by atoms with Gasteiger partial charge >= 0.3 is 17.9 Å². The van der Waals surface area contributed by atoms with Crippen molar-refractivity contribution < 1.29 is 46.9 Å². The molecule has 6 rings (SSSR count). The average Bonchev–Trinajstić information content (AvgIpc) is 3.53. The number of esters is 2. The second-order valence-corrected chi connectivity index (χ2v) is 12.7. The van der Waals surface area contributed by atoms with Crippen LogP contribution in [0.15, 0.2) is 18.2 Å². The van der Waals surface area contributed by atoms with E-state index in [1.54, 1.807) is 0 Å². The summed E-state index contributed by atoms with van der Waals surface area (Å²) in [5.41, 5.74) is 1.64. The van der Waals surface area contributed by atoms with E-state index in [9.17, 15) is 32.7 Å². The Morgan fingerprint density at radius 3 is 2.17 bits per heavy atom. The van der Waals surface area contributed by atoms with Crippen molar-refractivity contribution >= 4 is 17.9 Å². The number of ether oxygens (including phenoxy) is 3. The highest BCUT2D eigenvalue weighted by molar-refractivity contribution is 5.83. The van der Waals surface area contributed by atoms with Crippen molar-refractivity contribution in [2.75, 3.05) is 0 Å². The Labute approximate surface area is 230 Å². The lowest BCUT2D eigenvalue weighted by atomic mass is 9.49. The van der Waals surface area contributed by atoms with Crippen LogP contribution < -0.4 is 5.73 Å². The molecule has 1 unspecified atom stereocenters. The minimum absolute atomic E-state index is 0.228. The molecule has 0 aromatic heterocycles. The van der Waals surface area contributed by atoms with Crippen molar-refractivity contribution in [1.29, 1.82) is 0 Å². The molecule has 0 radical (unpaired) electrons. The maximum Gasteiger partial charge on any atom is 0.341 e. The van der Waals surface area contributed by atoms with Gasteiger partial charge < -0.3 is 25.1 Å². The molecule has 5 fully saturated rings. The number of benzene rings is 1. The second-order valence-electron chi connectivity index (χ2n) is 12.7. The van der Waals surface area contributed by atoms with Gasteiger partial charge in [-0.2, -0.15) is 0 Å². The van der Waals surface area contributed by atoms with Crippen molar-refractivity contribution in [2.24, 2.45) is 34.8 Å². The number of hydrogen-bond acceptors (Lipinski definition) is 7. The van der Waals surface area contributed by atoms with E-state index in [0.29, 0.717) is 17.8 Å². The number of carbonyl (C=O) groups is 3. The molecule has 5 saturated carbocycles. The first-order chi connectivity index (χ1) is 18.7. The molecule has 4 bridgehead atoms. The zero-order valence-corrected chi connectivity index (χ0v) is 22.7. The monoisotopic (exact) mass is 567 g/mol. The number of nitrogens with two attached hydrogens (primary N) is 1. The Kier molecular flexibility index (Phi) is 7.44. The molecule has 8 nitrogen and oxygen atoms in total. The summed E-state index contributed by atoms with van der Waals surface area (Å²) in [7, 11) is 0. The maximum absolute atomic E-state index is 14.6. The fourth-order valence-corrected chi connectivity index (χ4v) is 7.47. The van der Waals surface area contributed by atoms with Gasteiger partial charge in [-0.25, -0.2) is 22.8 Å². The lowest BCUT2D eigenvalue weighted by molar-refractivity contribution is -0.206. The fraction of sp³-hybridized carbons (Fsp3) is 0.690. The van der Waals surface area contributed by atoms with Gasteiger partial charge in [0.25, 0.3) is 0 Å². The molecule has 0 amide bonds. The molecule has 5 atom stereocenters. The van der Waals surface area contributed by atoms with E-state index in [-0.39, 0.29) is 31.0 Å². The van der Waals surface area contributed by atoms with Crippen LogP contribution in [-0.2, 0) is 35.2 Å². The van der Waals surface area contributed by atoms with Crippen LogP contribution in [0.3, 0.4) is 0 Å². The van der Waals surface area contributed by atoms with Gasteiger partial charge in [-0.3, -0.25) is 4.79 Å². The highest BCUT2D eigenvalue weighted by Crippen LogP contribution is 2.60. The van der Waals surface area contributed by atoms with Crippen molar-refractivity contribution in [3.8, 4) is 0 Å². The van der Waals surface area contributed by atoms with E-state index in [1.165, 1.54) is 19.9 Å². The predicted molar refractivity (Wildman–Crippen MR) is 134 cm³/mol. The zero-order valence-electron chi connectivity index (χ0n) is 22.7. The predicted octanol–water partition coefficient (Wildman–Crippen LogP) is 4.42. The lowest BCUT2D eigenvalue weighted by Gasteiger charge is -2.55. The fourth-order valence-electron chi connectivity index (χ4n) is 7.47. The van der Waals surface area contributed by atoms with Crippen LogP contribution >= 0.6 is 0 Å². The van der Waals surface area contributed by atoms with E-state index >= 15 is 0 Å². The van der Waals surface area contributed by atoms with Crippen LogP contribution in [0.2, 0.25) is 0 Å². The lowest BCUT2D eigenvalue weighted by Crippen LogP contribution is -2.57. The van der Waals surface area contributed by atoms with Crippen LogP contribution in [-0.4, -0.2) is 46.6 Å². The third-order valence-corrected chi connectivity index (χ3v) is 9.45. The topological polar surface area (TPSA) is 125 Å². The molecule has 0 heterocycles. The SMILES string of the molecule is C[C@@H](OC(=O)C12CC3CC(CC(C3)C1)C2)OC(=O)C(C)(N)[C@@H](C[C@@H]1C[C@@]1(F)C(=O)O)OCc1ccc(F)c(F)c1. The summed E-state index contributed by atoms with van der Waals surface area (Å²) in [5.74, 6) is -4.55. The first-order valence-electron chi connectivity index (χ1n) is 13.9. The van der Waals surface area contributed by atoms with Gasteiger partial charge in [0.15, 0.2) is 11.6 Å². The normalized spacial score (nSPS) is 35.0. The van der Waals surface area contributed by atoms with Crippen LogP contribution in [0.4, 0.5) is 13.2 Å². The number of hydrogen-bond donors (Lipinski definition) is 2. The summed E-state index contributed by atoms with van der Waals surface area (Å²) < 4.78 is 58.4. The van der Waals surface area contributed by atoms with Crippen LogP contribution in [0.1, 0.15) is 70.8 Å². The van der Waals surface area contributed by atoms with Gasteiger partial charge in [0.2, 0.25) is 12.0 Å². The van der Waals surface area contributed by atoms with Gasteiger partial charge in [0.1, 0.15) is 5.54 Å². The van der Waals surface area contributed by atoms with Crippen LogP contribution in [0, 0.1) is 40.7 Å². The number of aliphatic carboxylic acids is 1. The molecule has 1 aromatic carbocycles. The van der Waals surface area contributed by atoms with E-state index in [4.69, 9.17) is 19.9 Å². The molecule has 11 heteroatoms. The largest absolute Gasteiger partial charge is 0.479 e. The van der Waals surface area contributed by atoms with Gasteiger partial charge in [0.05, 0.1) is 18.1 Å². The molecule has 5 aliphatic carbocycles. The quantitative estimate of drug-likeness (QED) is 0.298. The first-order valence-corrected chi connectivity index (χ1v) is 13.9. The Bertz CT molecular complexity index is 1150. The third-order valence-electron chi connectivity index (χ3n) is 9.45. The standard InChI is InChI=1S/C29H36F3NO7/c1-15(40-26(37)28-10-17-5-18(11-28)7-19(6-17)12-28)39-25(36)27(2,33)23(9-20-13-29(20,32)24(34)35)38-14-16-3-4-21(30)22(31)8-16/h3-4,8,15,17-20,23H,5-7,9-14,33H2,1-2H3,(H,34,35)/t15-,17?,18?,19?,20-,23-,27?,28?,29+/m1/s1. The molecule has 0 saturated heterocycles. The first kappa shape index (κ1) is 28.9. The van der Waals surface area contributed by atoms with E-state index in [0.717, 1.165) is 50.7 Å². The number of carboxylic acid groups (broad SMARTS) is 1.